The lowest BCUT2D eigenvalue weighted by atomic mass is 10.3. The van der Waals surface area contributed by atoms with Gasteiger partial charge in [-0.2, -0.15) is 5.10 Å². The van der Waals surface area contributed by atoms with E-state index in [1.807, 2.05) is 30.7 Å². The van der Waals surface area contributed by atoms with Crippen LogP contribution in [0.5, 0.6) is 0 Å². The molecule has 0 aromatic carbocycles. The summed E-state index contributed by atoms with van der Waals surface area (Å²) in [4.78, 5) is 1.22. The first kappa shape index (κ1) is 8.26. The van der Waals surface area contributed by atoms with Gasteiger partial charge in [0.05, 0.1) is 11.1 Å². The molecular weight excluding hydrogens is 180 g/mol. The fourth-order valence-corrected chi connectivity index (χ4v) is 1.82. The van der Waals surface area contributed by atoms with Gasteiger partial charge in [-0.15, -0.1) is 11.3 Å². The number of hydrogen-bond acceptors (Lipinski definition) is 2. The van der Waals surface area contributed by atoms with Crippen molar-refractivity contribution >= 4 is 17.6 Å². The first-order valence-electron chi connectivity index (χ1n) is 4.08. The van der Waals surface area contributed by atoms with E-state index in [2.05, 4.69) is 23.5 Å². The topological polar surface area (TPSA) is 17.3 Å². The quantitative estimate of drug-likeness (QED) is 0.648. The third kappa shape index (κ3) is 1.87. The molecule has 0 N–H and O–H groups in total. The lowest BCUT2D eigenvalue weighted by Crippen LogP contribution is -1.85. The predicted octanol–water partition coefficient (Wildman–Crippen LogP) is 2.74. The van der Waals surface area contributed by atoms with Gasteiger partial charge in [0.15, 0.2) is 0 Å². The van der Waals surface area contributed by atoms with E-state index in [1.165, 1.54) is 10.4 Å². The van der Waals surface area contributed by atoms with Crippen LogP contribution in [-0.2, 0) is 0 Å². The molecule has 3 heteroatoms. The SMILES string of the molecule is Cc1ccsc1/C=N/n1cccc1. The smallest absolute Gasteiger partial charge is 0.0653 e. The molecule has 0 atom stereocenters. The molecule has 13 heavy (non-hydrogen) atoms. The van der Waals surface area contributed by atoms with Crippen LogP contribution in [0, 0.1) is 6.92 Å². The van der Waals surface area contributed by atoms with E-state index in [1.54, 1.807) is 16.0 Å². The molecule has 0 aliphatic carbocycles. The zero-order valence-electron chi connectivity index (χ0n) is 7.34. The molecule has 0 radical (unpaired) electrons. The van der Waals surface area contributed by atoms with Crippen LogP contribution in [0.2, 0.25) is 0 Å². The van der Waals surface area contributed by atoms with Gasteiger partial charge in [0.1, 0.15) is 0 Å². The summed E-state index contributed by atoms with van der Waals surface area (Å²) in [6.45, 7) is 2.09. The Morgan fingerprint density at radius 3 is 2.77 bits per heavy atom. The largest absolute Gasteiger partial charge is 0.248 e. The molecule has 0 bridgehead atoms. The maximum Gasteiger partial charge on any atom is 0.0653 e. The Morgan fingerprint density at radius 2 is 2.15 bits per heavy atom. The molecule has 2 aromatic heterocycles. The minimum absolute atomic E-state index is 1.22. The van der Waals surface area contributed by atoms with Gasteiger partial charge in [-0.3, -0.25) is 0 Å². The van der Waals surface area contributed by atoms with Crippen molar-refractivity contribution in [3.63, 3.8) is 0 Å². The van der Waals surface area contributed by atoms with E-state index in [4.69, 9.17) is 0 Å². The first-order valence-corrected chi connectivity index (χ1v) is 4.95. The molecule has 2 heterocycles. The lowest BCUT2D eigenvalue weighted by molar-refractivity contribution is 0.895. The van der Waals surface area contributed by atoms with E-state index in [9.17, 15) is 0 Å². The Bertz CT molecular complexity index is 398. The Labute approximate surface area is 81.1 Å². The van der Waals surface area contributed by atoms with Crippen LogP contribution >= 0.6 is 11.3 Å². The van der Waals surface area contributed by atoms with Crippen LogP contribution in [0.25, 0.3) is 0 Å². The maximum atomic E-state index is 4.27. The number of thiophene rings is 1. The molecular formula is C10H10N2S. The second kappa shape index (κ2) is 3.58. The van der Waals surface area contributed by atoms with Crippen LogP contribution in [0.1, 0.15) is 10.4 Å². The van der Waals surface area contributed by atoms with Gasteiger partial charge >= 0.3 is 0 Å². The Morgan fingerprint density at radius 1 is 1.38 bits per heavy atom. The highest BCUT2D eigenvalue weighted by atomic mass is 32.1. The van der Waals surface area contributed by atoms with Crippen molar-refractivity contribution in [3.05, 3.63) is 46.4 Å². The predicted molar refractivity (Wildman–Crippen MR) is 56.5 cm³/mol. The lowest BCUT2D eigenvalue weighted by Gasteiger charge is -1.91. The van der Waals surface area contributed by atoms with E-state index in [0.717, 1.165) is 0 Å². The molecule has 2 nitrogen and oxygen atoms in total. The van der Waals surface area contributed by atoms with Crippen LogP contribution in [0.15, 0.2) is 41.1 Å². The number of aromatic nitrogens is 1. The summed E-state index contributed by atoms with van der Waals surface area (Å²) in [5.41, 5.74) is 1.28. The zero-order valence-corrected chi connectivity index (χ0v) is 8.16. The Balaban J connectivity index is 2.19. The minimum Gasteiger partial charge on any atom is -0.248 e. The van der Waals surface area contributed by atoms with Crippen molar-refractivity contribution in [3.8, 4) is 0 Å². The van der Waals surface area contributed by atoms with E-state index < -0.39 is 0 Å². The normalized spacial score (nSPS) is 11.2. The Kier molecular flexibility index (Phi) is 2.27. The van der Waals surface area contributed by atoms with E-state index in [0.29, 0.717) is 0 Å². The van der Waals surface area contributed by atoms with Crippen LogP contribution in [0.4, 0.5) is 0 Å². The molecule has 0 saturated heterocycles. The molecule has 0 aliphatic rings. The van der Waals surface area contributed by atoms with Gasteiger partial charge in [0, 0.05) is 12.4 Å². The molecule has 0 spiro atoms. The Hall–Kier alpha value is -1.35. The molecule has 0 aliphatic heterocycles. The summed E-state index contributed by atoms with van der Waals surface area (Å²) >= 11 is 1.71. The van der Waals surface area contributed by atoms with Crippen molar-refractivity contribution in [1.29, 1.82) is 0 Å². The second-order valence-electron chi connectivity index (χ2n) is 2.78. The summed E-state index contributed by atoms with van der Waals surface area (Å²) in [5.74, 6) is 0. The highest BCUT2D eigenvalue weighted by molar-refractivity contribution is 7.11. The van der Waals surface area contributed by atoms with E-state index >= 15 is 0 Å². The first-order chi connectivity index (χ1) is 6.36. The molecule has 0 amide bonds. The molecule has 66 valence electrons. The van der Waals surface area contributed by atoms with Crippen molar-refractivity contribution in [1.82, 2.24) is 4.68 Å². The molecule has 0 fully saturated rings. The van der Waals surface area contributed by atoms with Gasteiger partial charge in [0.2, 0.25) is 0 Å². The summed E-state index contributed by atoms with van der Waals surface area (Å²) in [7, 11) is 0. The molecule has 0 unspecified atom stereocenters. The van der Waals surface area contributed by atoms with Crippen LogP contribution in [-0.4, -0.2) is 10.9 Å². The van der Waals surface area contributed by atoms with Crippen molar-refractivity contribution < 1.29 is 0 Å². The van der Waals surface area contributed by atoms with Crippen LogP contribution in [0.3, 0.4) is 0 Å². The molecule has 0 saturated carbocycles. The van der Waals surface area contributed by atoms with Crippen LogP contribution < -0.4 is 0 Å². The minimum atomic E-state index is 1.22. The number of aryl methyl sites for hydroxylation is 1. The highest BCUT2D eigenvalue weighted by Gasteiger charge is 1.94. The number of nitrogens with zero attached hydrogens (tertiary/aromatic N) is 2. The highest BCUT2D eigenvalue weighted by Crippen LogP contribution is 2.12. The van der Waals surface area contributed by atoms with Gasteiger partial charge in [0.25, 0.3) is 0 Å². The van der Waals surface area contributed by atoms with Gasteiger partial charge in [-0.1, -0.05) is 0 Å². The van der Waals surface area contributed by atoms with Crippen molar-refractivity contribution in [2.45, 2.75) is 6.92 Å². The number of rotatable bonds is 2. The van der Waals surface area contributed by atoms with E-state index in [-0.39, 0.29) is 0 Å². The fourth-order valence-electron chi connectivity index (χ4n) is 1.04. The van der Waals surface area contributed by atoms with Gasteiger partial charge < -0.3 is 0 Å². The summed E-state index contributed by atoms with van der Waals surface area (Å²) in [5, 5.41) is 6.35. The second-order valence-corrected chi connectivity index (χ2v) is 3.72. The van der Waals surface area contributed by atoms with Crippen molar-refractivity contribution in [2.24, 2.45) is 5.10 Å². The summed E-state index contributed by atoms with van der Waals surface area (Å²) in [6, 6.07) is 6.01. The number of hydrogen-bond donors (Lipinski definition) is 0. The fraction of sp³-hybridized carbons (Fsp3) is 0.100. The van der Waals surface area contributed by atoms with Crippen molar-refractivity contribution in [2.75, 3.05) is 0 Å². The standard InChI is InChI=1S/C10H10N2S/c1-9-4-7-13-10(9)8-11-12-5-2-3-6-12/h2-8H,1H3/b11-8+. The summed E-state index contributed by atoms with van der Waals surface area (Å²) < 4.78 is 1.79. The zero-order chi connectivity index (χ0) is 9.10. The average molecular weight is 190 g/mol. The average Bonchev–Trinajstić information content (AvgIpc) is 2.72. The molecule has 2 aromatic rings. The maximum absolute atomic E-state index is 4.27. The third-order valence-corrected chi connectivity index (χ3v) is 2.75. The monoisotopic (exact) mass is 190 g/mol. The van der Waals surface area contributed by atoms with Gasteiger partial charge in [-0.25, -0.2) is 4.68 Å². The third-order valence-electron chi connectivity index (χ3n) is 1.80. The van der Waals surface area contributed by atoms with Gasteiger partial charge in [-0.05, 0) is 36.1 Å². The molecule has 2 rings (SSSR count). The summed E-state index contributed by atoms with van der Waals surface area (Å²) in [6.07, 6.45) is 5.72.